The summed E-state index contributed by atoms with van der Waals surface area (Å²) < 4.78 is 38.5. The van der Waals surface area contributed by atoms with Gasteiger partial charge in [0.1, 0.15) is 0 Å². The summed E-state index contributed by atoms with van der Waals surface area (Å²) in [5, 5.41) is 3.16. The van der Waals surface area contributed by atoms with Crippen molar-refractivity contribution < 1.29 is 18.0 Å². The van der Waals surface area contributed by atoms with Crippen LogP contribution < -0.4 is 5.32 Å². The van der Waals surface area contributed by atoms with E-state index in [-0.39, 0.29) is 17.9 Å². The van der Waals surface area contributed by atoms with E-state index in [0.29, 0.717) is 5.92 Å². The molecule has 146 valence electrons. The molecule has 5 rings (SSSR count). The highest BCUT2D eigenvalue weighted by Gasteiger charge is 2.43. The van der Waals surface area contributed by atoms with Crippen LogP contribution in [0.2, 0.25) is 0 Å². The Labute approximate surface area is 161 Å². The number of nitrogens with one attached hydrogen (secondary N) is 1. The second-order valence-electron chi connectivity index (χ2n) is 8.04. The number of carbonyl (C=O) groups is 1. The van der Waals surface area contributed by atoms with E-state index in [0.717, 1.165) is 55.7 Å². The molecule has 2 heterocycles. The average Bonchev–Trinajstić information content (AvgIpc) is 2.92. The Balaban J connectivity index is 1.46. The molecule has 1 amide bonds. The van der Waals surface area contributed by atoms with Crippen molar-refractivity contribution in [2.45, 2.75) is 31.0 Å². The van der Waals surface area contributed by atoms with Gasteiger partial charge in [-0.15, -0.1) is 0 Å². The fourth-order valence-electron chi connectivity index (χ4n) is 4.77. The van der Waals surface area contributed by atoms with Crippen LogP contribution in [-0.2, 0) is 11.0 Å². The topological polar surface area (TPSA) is 32.3 Å². The molecular weight excluding hydrogens is 365 g/mol. The molecule has 0 aromatic heterocycles. The van der Waals surface area contributed by atoms with Crippen LogP contribution in [0.4, 0.5) is 13.2 Å². The minimum atomic E-state index is -4.33. The molecule has 3 aliphatic rings. The number of amides is 1. The predicted octanol–water partition coefficient (Wildman–Crippen LogP) is 4.35. The summed E-state index contributed by atoms with van der Waals surface area (Å²) in [6.45, 7) is 2.29. The number of nitrogens with zero attached hydrogens (tertiary/aromatic N) is 1. The fourth-order valence-corrected chi connectivity index (χ4v) is 4.77. The molecule has 28 heavy (non-hydrogen) atoms. The maximum atomic E-state index is 12.8. The molecule has 1 N–H and O–H groups in total. The van der Waals surface area contributed by atoms with Crippen molar-refractivity contribution in [3.8, 4) is 11.1 Å². The SMILES string of the molecule is O=C(C1CNC1)N1CC[C@@H]2C[C@H]1c1cc(-c3ccc(C(F)(F)F)cc3)ccc12. The Hall–Kier alpha value is -2.34. The van der Waals surface area contributed by atoms with Crippen LogP contribution in [0, 0.1) is 5.92 Å². The Bertz CT molecular complexity index is 918. The molecule has 0 radical (unpaired) electrons. The zero-order valence-electron chi connectivity index (χ0n) is 15.3. The minimum absolute atomic E-state index is 0.0821. The van der Waals surface area contributed by atoms with Gasteiger partial charge in [0.15, 0.2) is 0 Å². The molecule has 2 bridgehead atoms. The van der Waals surface area contributed by atoms with Gasteiger partial charge < -0.3 is 10.2 Å². The molecule has 0 spiro atoms. The third kappa shape index (κ3) is 2.82. The number of halogens is 3. The Kier molecular flexibility index (Phi) is 4.02. The summed E-state index contributed by atoms with van der Waals surface area (Å²) in [5.74, 6) is 0.791. The first-order valence-corrected chi connectivity index (χ1v) is 9.74. The van der Waals surface area contributed by atoms with Crippen molar-refractivity contribution in [3.05, 3.63) is 59.2 Å². The summed E-state index contributed by atoms with van der Waals surface area (Å²) in [7, 11) is 0. The summed E-state index contributed by atoms with van der Waals surface area (Å²) in [6, 6.07) is 11.6. The number of rotatable bonds is 2. The van der Waals surface area contributed by atoms with Crippen molar-refractivity contribution in [1.29, 1.82) is 0 Å². The molecule has 2 atom stereocenters. The fraction of sp³-hybridized carbons (Fsp3) is 0.409. The van der Waals surface area contributed by atoms with Crippen molar-refractivity contribution in [3.63, 3.8) is 0 Å². The van der Waals surface area contributed by atoms with Gasteiger partial charge in [-0.1, -0.05) is 24.3 Å². The lowest BCUT2D eigenvalue weighted by Gasteiger charge is -2.38. The molecule has 6 heteroatoms. The number of alkyl halides is 3. The van der Waals surface area contributed by atoms with E-state index in [4.69, 9.17) is 0 Å². The summed E-state index contributed by atoms with van der Waals surface area (Å²) >= 11 is 0. The van der Waals surface area contributed by atoms with E-state index >= 15 is 0 Å². The highest BCUT2D eigenvalue weighted by atomic mass is 19.4. The Morgan fingerprint density at radius 2 is 1.71 bits per heavy atom. The summed E-state index contributed by atoms with van der Waals surface area (Å²) in [6.07, 6.45) is -2.39. The van der Waals surface area contributed by atoms with E-state index in [9.17, 15) is 18.0 Å². The van der Waals surface area contributed by atoms with Crippen LogP contribution in [0.1, 0.15) is 41.5 Å². The van der Waals surface area contributed by atoms with Crippen LogP contribution in [-0.4, -0.2) is 30.4 Å². The third-order valence-corrected chi connectivity index (χ3v) is 6.45. The number of hydrogen-bond acceptors (Lipinski definition) is 2. The van der Waals surface area contributed by atoms with Gasteiger partial charge in [-0.25, -0.2) is 0 Å². The normalized spacial score (nSPS) is 24.0. The van der Waals surface area contributed by atoms with Gasteiger partial charge >= 0.3 is 6.18 Å². The molecule has 0 unspecified atom stereocenters. The first kappa shape index (κ1) is 17.7. The van der Waals surface area contributed by atoms with Crippen LogP contribution in [0.25, 0.3) is 11.1 Å². The zero-order chi connectivity index (χ0) is 19.5. The maximum absolute atomic E-state index is 12.8. The monoisotopic (exact) mass is 386 g/mol. The molecule has 2 saturated heterocycles. The van der Waals surface area contributed by atoms with Gasteiger partial charge in [0.25, 0.3) is 0 Å². The van der Waals surface area contributed by atoms with Gasteiger partial charge in [0.2, 0.25) is 5.91 Å². The third-order valence-electron chi connectivity index (χ3n) is 6.45. The van der Waals surface area contributed by atoms with Crippen molar-refractivity contribution >= 4 is 5.91 Å². The largest absolute Gasteiger partial charge is 0.416 e. The number of likely N-dealkylation sites (tertiary alicyclic amines) is 1. The van der Waals surface area contributed by atoms with Crippen molar-refractivity contribution in [2.24, 2.45) is 5.92 Å². The molecule has 2 aromatic carbocycles. The first-order valence-electron chi connectivity index (χ1n) is 9.74. The Morgan fingerprint density at radius 3 is 2.36 bits per heavy atom. The van der Waals surface area contributed by atoms with Crippen molar-refractivity contribution in [2.75, 3.05) is 19.6 Å². The van der Waals surface area contributed by atoms with E-state index < -0.39 is 11.7 Å². The standard InChI is InChI=1S/C22H21F3N2O/c23-22(24,25)17-4-1-13(2-5-17)14-3-6-18-15-7-8-27(20(10-15)19(18)9-14)21(28)16-11-26-12-16/h1-6,9,15-16,20,26H,7-8,10-12H2/t15-,20+/m1/s1. The molecular formula is C22H21F3N2O. The first-order chi connectivity index (χ1) is 13.4. The number of benzene rings is 2. The van der Waals surface area contributed by atoms with E-state index in [1.54, 1.807) is 0 Å². The lowest BCUT2D eigenvalue weighted by atomic mass is 9.93. The van der Waals surface area contributed by atoms with Crippen LogP contribution in [0.3, 0.4) is 0 Å². The van der Waals surface area contributed by atoms with Crippen LogP contribution in [0.15, 0.2) is 42.5 Å². The molecule has 3 nitrogen and oxygen atoms in total. The second-order valence-corrected chi connectivity index (χ2v) is 8.04. The molecule has 2 aliphatic heterocycles. The van der Waals surface area contributed by atoms with Gasteiger partial charge in [0.05, 0.1) is 17.5 Å². The van der Waals surface area contributed by atoms with Crippen LogP contribution >= 0.6 is 0 Å². The van der Waals surface area contributed by atoms with Gasteiger partial charge in [-0.2, -0.15) is 13.2 Å². The van der Waals surface area contributed by atoms with E-state index in [2.05, 4.69) is 17.4 Å². The predicted molar refractivity (Wildman–Crippen MR) is 99.7 cm³/mol. The molecule has 0 saturated carbocycles. The number of hydrogen-bond donors (Lipinski definition) is 1. The average molecular weight is 386 g/mol. The minimum Gasteiger partial charge on any atom is -0.335 e. The smallest absolute Gasteiger partial charge is 0.335 e. The number of piperidine rings is 1. The maximum Gasteiger partial charge on any atom is 0.416 e. The zero-order valence-corrected chi connectivity index (χ0v) is 15.3. The quantitative estimate of drug-likeness (QED) is 0.832. The highest BCUT2D eigenvalue weighted by molar-refractivity contribution is 5.81. The number of fused-ring (bicyclic) bond motifs is 5. The van der Waals surface area contributed by atoms with Crippen LogP contribution in [0.5, 0.6) is 0 Å². The highest BCUT2D eigenvalue weighted by Crippen LogP contribution is 2.50. The van der Waals surface area contributed by atoms with Gasteiger partial charge in [-0.3, -0.25) is 4.79 Å². The molecule has 2 fully saturated rings. The van der Waals surface area contributed by atoms with E-state index in [1.807, 2.05) is 11.0 Å². The lowest BCUT2D eigenvalue weighted by molar-refractivity contribution is -0.141. The Morgan fingerprint density at radius 1 is 1.00 bits per heavy atom. The summed E-state index contributed by atoms with van der Waals surface area (Å²) in [4.78, 5) is 14.9. The molecule has 2 aromatic rings. The van der Waals surface area contributed by atoms with Gasteiger partial charge in [-0.05, 0) is 59.2 Å². The number of carbonyl (C=O) groups excluding carboxylic acids is 1. The van der Waals surface area contributed by atoms with E-state index in [1.165, 1.54) is 23.3 Å². The lowest BCUT2D eigenvalue weighted by Crippen LogP contribution is -2.53. The second kappa shape index (κ2) is 6.34. The van der Waals surface area contributed by atoms with Crippen molar-refractivity contribution in [1.82, 2.24) is 10.2 Å². The summed E-state index contributed by atoms with van der Waals surface area (Å²) in [5.41, 5.74) is 3.48. The molecule has 1 aliphatic carbocycles. The van der Waals surface area contributed by atoms with Gasteiger partial charge in [0, 0.05) is 19.6 Å².